The Morgan fingerprint density at radius 1 is 0.817 bits per heavy atom. The number of piperidine rings is 1. The van der Waals surface area contributed by atoms with Gasteiger partial charge in [-0.1, -0.05) is 42.5 Å². The number of amides is 3. The number of carbonyl (C=O) groups excluding carboxylic acids is 3. The molecule has 7 aliphatic rings. The van der Waals surface area contributed by atoms with Gasteiger partial charge in [0.15, 0.2) is 0 Å². The van der Waals surface area contributed by atoms with Crippen LogP contribution in [0.3, 0.4) is 0 Å². The smallest absolute Gasteiger partial charge is 0.255 e. The van der Waals surface area contributed by atoms with Gasteiger partial charge in [0.05, 0.1) is 17.4 Å². The Hall–Kier alpha value is -5.42. The van der Waals surface area contributed by atoms with Crippen LogP contribution in [-0.2, 0) is 22.6 Å². The van der Waals surface area contributed by atoms with Gasteiger partial charge < -0.3 is 24.5 Å². The normalized spacial score (nSPS) is 26.1. The molecule has 3 amide bonds. The minimum Gasteiger partial charge on any atom is -0.508 e. The zero-order chi connectivity index (χ0) is 40.7. The fourth-order valence-electron chi connectivity index (χ4n) is 12.0. The number of nitrogens with one attached hydrogen (secondary N) is 1. The summed E-state index contributed by atoms with van der Waals surface area (Å²) in [5.74, 6) is 0.922. The number of hydrogen-bond donors (Lipinski definition) is 2. The summed E-state index contributed by atoms with van der Waals surface area (Å²) in [6.45, 7) is 6.63. The molecule has 3 saturated heterocycles. The minimum atomic E-state index is -0.631. The minimum absolute atomic E-state index is 0.0234. The average molecular weight is 810 g/mol. The monoisotopic (exact) mass is 809 g/mol. The van der Waals surface area contributed by atoms with Crippen LogP contribution >= 0.6 is 0 Å². The molecule has 310 valence electrons. The third-order valence-corrected chi connectivity index (χ3v) is 15.1. The molecule has 0 aromatic heterocycles. The van der Waals surface area contributed by atoms with Crippen molar-refractivity contribution in [1.82, 2.24) is 15.1 Å². The SMILES string of the molecule is O=C1CC[C@H](N2Cc3cc4c(cc3C2=O)OC[C@@H]2CN(CC3CCC5(CC3)CN(c3ccc([C@H]6c7ccc(O)cc7CC[C@H]6c6ccccc6)cc3F)C5)CCN42)C(=O)N1. The Balaban J connectivity index is 0.697. The lowest BCUT2D eigenvalue weighted by Crippen LogP contribution is -2.59. The maximum atomic E-state index is 16.2. The van der Waals surface area contributed by atoms with Crippen LogP contribution in [0.5, 0.6) is 11.5 Å². The van der Waals surface area contributed by atoms with Crippen molar-refractivity contribution in [1.29, 1.82) is 0 Å². The average Bonchev–Trinajstić information content (AvgIpc) is 3.56. The molecular formula is C49H52FN5O5. The predicted octanol–water partition coefficient (Wildman–Crippen LogP) is 6.73. The standard InChI is InChI=1S/C49H52FN5O5/c50-40-21-33(46-37(31-4-2-1-3-5-31)9-6-32-20-36(56)8-10-38(32)46)7-11-41(40)53-28-49(29-53)16-14-30(15-17-49)24-52-18-19-54-35(26-52)27-60-44-23-39-34(22-43(44)54)25-55(48(39)59)42-12-13-45(57)51-47(42)58/h1-5,7-8,10-11,20-23,30,35,37,42,46,56H,6,9,12-19,24-29H2,(H,51,57,58)/t35-,37-,42-,46+/m0/s1. The van der Waals surface area contributed by atoms with Crippen molar-refractivity contribution in [3.05, 3.63) is 118 Å². The quantitative estimate of drug-likeness (QED) is 0.207. The summed E-state index contributed by atoms with van der Waals surface area (Å²) in [5.41, 5.74) is 8.10. The van der Waals surface area contributed by atoms with Crippen molar-refractivity contribution >= 4 is 29.1 Å². The molecule has 0 bridgehead atoms. The van der Waals surface area contributed by atoms with Crippen molar-refractivity contribution in [3.8, 4) is 11.5 Å². The molecular weight excluding hydrogens is 758 g/mol. The first-order chi connectivity index (χ1) is 29.2. The van der Waals surface area contributed by atoms with Crippen molar-refractivity contribution in [2.75, 3.05) is 55.7 Å². The van der Waals surface area contributed by atoms with Gasteiger partial charge in [0.2, 0.25) is 11.8 Å². The molecule has 5 aliphatic heterocycles. The zero-order valence-electron chi connectivity index (χ0n) is 34.0. The number of phenols is 1. The van der Waals surface area contributed by atoms with Crippen LogP contribution < -0.4 is 19.9 Å². The van der Waals surface area contributed by atoms with Gasteiger partial charge in [0.25, 0.3) is 5.91 Å². The number of imide groups is 1. The van der Waals surface area contributed by atoms with E-state index in [9.17, 15) is 19.5 Å². The molecule has 1 spiro atoms. The topological polar surface area (TPSA) is 106 Å². The number of hydrogen-bond acceptors (Lipinski definition) is 8. The maximum Gasteiger partial charge on any atom is 0.255 e. The molecule has 11 rings (SSSR count). The fourth-order valence-corrected chi connectivity index (χ4v) is 12.0. The lowest BCUT2D eigenvalue weighted by atomic mass is 9.65. The molecule has 4 fully saturated rings. The van der Waals surface area contributed by atoms with E-state index in [-0.39, 0.29) is 53.1 Å². The van der Waals surface area contributed by atoms with E-state index in [1.165, 1.54) is 36.8 Å². The van der Waals surface area contributed by atoms with Gasteiger partial charge in [-0.05, 0) is 121 Å². The van der Waals surface area contributed by atoms with Crippen LogP contribution in [0, 0.1) is 17.2 Å². The van der Waals surface area contributed by atoms with Crippen molar-refractivity contribution in [2.24, 2.45) is 11.3 Å². The van der Waals surface area contributed by atoms with E-state index in [0.717, 1.165) is 80.2 Å². The van der Waals surface area contributed by atoms with E-state index in [1.807, 2.05) is 30.3 Å². The van der Waals surface area contributed by atoms with E-state index in [4.69, 9.17) is 4.74 Å². The summed E-state index contributed by atoms with van der Waals surface area (Å²) in [7, 11) is 0. The van der Waals surface area contributed by atoms with E-state index < -0.39 is 11.9 Å². The second-order valence-corrected chi connectivity index (χ2v) is 18.7. The summed E-state index contributed by atoms with van der Waals surface area (Å²) >= 11 is 0. The van der Waals surface area contributed by atoms with Gasteiger partial charge in [0, 0.05) is 69.1 Å². The number of aryl methyl sites for hydroxylation is 1. The van der Waals surface area contributed by atoms with E-state index in [1.54, 1.807) is 17.0 Å². The molecule has 11 heteroatoms. The molecule has 60 heavy (non-hydrogen) atoms. The number of nitrogens with zero attached hydrogens (tertiary/aromatic N) is 4. The number of carbonyl (C=O) groups is 3. The summed E-state index contributed by atoms with van der Waals surface area (Å²) in [5, 5.41) is 12.6. The number of aromatic hydroxyl groups is 1. The highest BCUT2D eigenvalue weighted by atomic mass is 19.1. The Labute approximate surface area is 350 Å². The Morgan fingerprint density at radius 3 is 2.45 bits per heavy atom. The molecule has 0 radical (unpaired) electrons. The number of piperazine rings is 1. The van der Waals surface area contributed by atoms with Crippen LogP contribution in [0.25, 0.3) is 0 Å². The first-order valence-corrected chi connectivity index (χ1v) is 22.0. The van der Waals surface area contributed by atoms with E-state index in [2.05, 4.69) is 56.4 Å². The molecule has 2 N–H and O–H groups in total. The Bertz CT molecular complexity index is 2370. The summed E-state index contributed by atoms with van der Waals surface area (Å²) in [6, 6.07) is 25.7. The number of phenolic OH excluding ortho intramolecular Hbond substituents is 1. The maximum absolute atomic E-state index is 16.2. The van der Waals surface area contributed by atoms with Gasteiger partial charge in [-0.25, -0.2) is 4.39 Å². The zero-order valence-corrected chi connectivity index (χ0v) is 34.0. The molecule has 0 unspecified atom stereocenters. The van der Waals surface area contributed by atoms with Crippen molar-refractivity contribution in [3.63, 3.8) is 0 Å². The number of halogens is 1. The number of fused-ring (bicyclic) bond motifs is 5. The number of ether oxygens (including phenoxy) is 1. The summed E-state index contributed by atoms with van der Waals surface area (Å²) in [6.07, 6.45) is 7.17. The van der Waals surface area contributed by atoms with Crippen LogP contribution in [0.4, 0.5) is 15.8 Å². The summed E-state index contributed by atoms with van der Waals surface area (Å²) < 4.78 is 22.5. The van der Waals surface area contributed by atoms with Crippen molar-refractivity contribution < 1.29 is 28.6 Å². The van der Waals surface area contributed by atoms with Crippen LogP contribution in [0.2, 0.25) is 0 Å². The van der Waals surface area contributed by atoms with Gasteiger partial charge in [-0.15, -0.1) is 0 Å². The molecule has 4 atom stereocenters. The highest BCUT2D eigenvalue weighted by molar-refractivity contribution is 6.06. The fraction of sp³-hybridized carbons (Fsp3) is 0.449. The summed E-state index contributed by atoms with van der Waals surface area (Å²) in [4.78, 5) is 46.6. The lowest BCUT2D eigenvalue weighted by Gasteiger charge is -2.55. The molecule has 4 aromatic carbocycles. The largest absolute Gasteiger partial charge is 0.508 e. The molecule has 2 aliphatic carbocycles. The van der Waals surface area contributed by atoms with Crippen molar-refractivity contribution in [2.45, 2.75) is 81.8 Å². The van der Waals surface area contributed by atoms with Gasteiger partial charge >= 0.3 is 0 Å². The molecule has 5 heterocycles. The second kappa shape index (κ2) is 14.6. The number of benzene rings is 4. The number of rotatable bonds is 6. The Kier molecular flexibility index (Phi) is 9.17. The molecule has 10 nitrogen and oxygen atoms in total. The van der Waals surface area contributed by atoms with Crippen LogP contribution in [0.1, 0.15) is 95.0 Å². The first-order valence-electron chi connectivity index (χ1n) is 22.0. The molecule has 1 saturated carbocycles. The van der Waals surface area contributed by atoms with Gasteiger partial charge in [0.1, 0.15) is 30.0 Å². The highest BCUT2D eigenvalue weighted by Crippen LogP contribution is 2.50. The molecule has 4 aromatic rings. The lowest BCUT2D eigenvalue weighted by molar-refractivity contribution is -0.136. The Morgan fingerprint density at radius 2 is 1.65 bits per heavy atom. The van der Waals surface area contributed by atoms with Gasteiger partial charge in [-0.2, -0.15) is 0 Å². The predicted molar refractivity (Wildman–Crippen MR) is 226 cm³/mol. The first kappa shape index (κ1) is 37.6. The number of anilines is 2. The highest BCUT2D eigenvalue weighted by Gasteiger charge is 2.47. The van der Waals surface area contributed by atoms with E-state index in [0.29, 0.717) is 36.7 Å². The third kappa shape index (κ3) is 6.51. The van der Waals surface area contributed by atoms with Crippen LogP contribution in [0.15, 0.2) is 78.9 Å². The third-order valence-electron chi connectivity index (χ3n) is 15.1. The van der Waals surface area contributed by atoms with Crippen LogP contribution in [-0.4, -0.2) is 90.6 Å². The second-order valence-electron chi connectivity index (χ2n) is 18.7. The van der Waals surface area contributed by atoms with Gasteiger partial charge in [-0.3, -0.25) is 24.6 Å². The van der Waals surface area contributed by atoms with E-state index >= 15 is 4.39 Å².